The van der Waals surface area contributed by atoms with Crippen LogP contribution >= 0.6 is 0 Å². The van der Waals surface area contributed by atoms with Gasteiger partial charge in [0, 0.05) is 6.04 Å². The molecule has 110 valence electrons. The summed E-state index contributed by atoms with van der Waals surface area (Å²) in [6, 6.07) is 6.15. The fraction of sp³-hybridized carbons (Fsp3) is 0.500. The highest BCUT2D eigenvalue weighted by Crippen LogP contribution is 2.38. The zero-order chi connectivity index (χ0) is 14.8. The number of benzene rings is 1. The largest absolute Gasteiger partial charge is 0.465 e. The second kappa shape index (κ2) is 5.83. The van der Waals surface area contributed by atoms with Gasteiger partial charge in [0.1, 0.15) is 0 Å². The first-order valence-electron chi connectivity index (χ1n) is 6.40. The maximum Gasteiger partial charge on any atom is 0.391 e. The zero-order valence-corrected chi connectivity index (χ0v) is 11.0. The molecule has 0 radical (unpaired) electrons. The normalized spacial score (nSPS) is 23.4. The number of hydrogen-bond donors (Lipinski definition) is 1. The average molecular weight is 287 g/mol. The molecular weight excluding hydrogens is 271 g/mol. The van der Waals surface area contributed by atoms with Crippen LogP contribution in [0.2, 0.25) is 0 Å². The highest BCUT2D eigenvalue weighted by molar-refractivity contribution is 5.89. The number of carbonyl (C=O) groups excluding carboxylic acids is 1. The molecule has 2 rings (SSSR count). The number of alkyl halides is 3. The molecule has 1 N–H and O–H groups in total. The summed E-state index contributed by atoms with van der Waals surface area (Å²) in [4.78, 5) is 11.3. The van der Waals surface area contributed by atoms with Crippen LogP contribution in [0.3, 0.4) is 0 Å². The molecule has 0 bridgehead atoms. The molecule has 1 aliphatic rings. The van der Waals surface area contributed by atoms with Gasteiger partial charge in [0.15, 0.2) is 0 Å². The molecule has 3 nitrogen and oxygen atoms in total. The fourth-order valence-corrected chi connectivity index (χ4v) is 2.44. The van der Waals surface area contributed by atoms with Gasteiger partial charge in [-0.15, -0.1) is 0 Å². The van der Waals surface area contributed by atoms with E-state index in [-0.39, 0.29) is 18.9 Å². The minimum atomic E-state index is -4.15. The van der Waals surface area contributed by atoms with Crippen LogP contribution in [0.15, 0.2) is 24.3 Å². The van der Waals surface area contributed by atoms with Gasteiger partial charge in [-0.1, -0.05) is 12.1 Å². The molecule has 0 amide bonds. The molecule has 2 unspecified atom stereocenters. The lowest BCUT2D eigenvalue weighted by atomic mass is 9.88. The summed E-state index contributed by atoms with van der Waals surface area (Å²) in [7, 11) is 1.28. The Hall–Kier alpha value is -1.56. The summed E-state index contributed by atoms with van der Waals surface area (Å²) in [5, 5.41) is 3.08. The van der Waals surface area contributed by atoms with Crippen molar-refractivity contribution in [3.05, 3.63) is 35.4 Å². The van der Waals surface area contributed by atoms with Gasteiger partial charge in [0.05, 0.1) is 18.6 Å². The lowest BCUT2D eigenvalue weighted by Crippen LogP contribution is -2.38. The highest BCUT2D eigenvalue weighted by Gasteiger charge is 2.42. The lowest BCUT2D eigenvalue weighted by molar-refractivity contribution is -0.183. The number of halogens is 3. The van der Waals surface area contributed by atoms with Gasteiger partial charge < -0.3 is 10.1 Å². The smallest absolute Gasteiger partial charge is 0.391 e. The third-order valence-corrected chi connectivity index (χ3v) is 3.60. The predicted molar refractivity (Wildman–Crippen MR) is 67.3 cm³/mol. The molecule has 20 heavy (non-hydrogen) atoms. The maximum absolute atomic E-state index is 12.8. The van der Waals surface area contributed by atoms with Gasteiger partial charge in [0.2, 0.25) is 0 Å². The minimum absolute atomic E-state index is 0.0288. The minimum Gasteiger partial charge on any atom is -0.465 e. The molecule has 0 aromatic heterocycles. The van der Waals surface area contributed by atoms with Gasteiger partial charge in [-0.2, -0.15) is 13.2 Å². The Balaban J connectivity index is 2.09. The molecule has 6 heteroatoms. The molecule has 0 aliphatic carbocycles. The molecule has 1 heterocycles. The van der Waals surface area contributed by atoms with E-state index in [1.807, 2.05) is 0 Å². The second-order valence-corrected chi connectivity index (χ2v) is 4.88. The van der Waals surface area contributed by atoms with Crippen molar-refractivity contribution in [3.63, 3.8) is 0 Å². The zero-order valence-electron chi connectivity index (χ0n) is 11.0. The summed E-state index contributed by atoms with van der Waals surface area (Å²) < 4.78 is 42.9. The Morgan fingerprint density at radius 3 is 2.50 bits per heavy atom. The number of ether oxygens (including phenoxy) is 1. The standard InChI is InChI=1S/C14H16F3NO2/c1-20-13(19)10-4-2-9(3-5-10)12-8-11(6-7-18-12)14(15,16)17/h2-5,11-12,18H,6-8H2,1H3. The predicted octanol–water partition coefficient (Wildman–Crippen LogP) is 3.08. The topological polar surface area (TPSA) is 38.3 Å². The van der Waals surface area contributed by atoms with E-state index in [1.54, 1.807) is 24.3 Å². The Bertz CT molecular complexity index is 470. The molecule has 2 atom stereocenters. The Kier molecular flexibility index (Phi) is 4.32. The van der Waals surface area contributed by atoms with Gasteiger partial charge in [-0.05, 0) is 37.1 Å². The van der Waals surface area contributed by atoms with Crippen molar-refractivity contribution in [2.75, 3.05) is 13.7 Å². The monoisotopic (exact) mass is 287 g/mol. The third kappa shape index (κ3) is 3.30. The third-order valence-electron chi connectivity index (χ3n) is 3.60. The van der Waals surface area contributed by atoms with E-state index >= 15 is 0 Å². The lowest BCUT2D eigenvalue weighted by Gasteiger charge is -2.31. The maximum atomic E-state index is 12.8. The number of esters is 1. The molecular formula is C14H16F3NO2. The number of hydrogen-bond acceptors (Lipinski definition) is 3. The van der Waals surface area contributed by atoms with Crippen LogP contribution in [0, 0.1) is 5.92 Å². The van der Waals surface area contributed by atoms with Crippen LogP contribution < -0.4 is 5.32 Å². The number of carbonyl (C=O) groups is 1. The summed E-state index contributed by atoms with van der Waals surface area (Å²) in [5.41, 5.74) is 1.14. The number of rotatable bonds is 2. The van der Waals surface area contributed by atoms with E-state index in [1.165, 1.54) is 7.11 Å². The summed E-state index contributed by atoms with van der Waals surface area (Å²) >= 11 is 0. The van der Waals surface area contributed by atoms with Crippen molar-refractivity contribution in [1.82, 2.24) is 5.32 Å². The quantitative estimate of drug-likeness (QED) is 0.850. The van der Waals surface area contributed by atoms with Crippen molar-refractivity contribution >= 4 is 5.97 Å². The van der Waals surface area contributed by atoms with Crippen molar-refractivity contribution in [1.29, 1.82) is 0 Å². The molecule has 1 aliphatic heterocycles. The van der Waals surface area contributed by atoms with Gasteiger partial charge in [-0.3, -0.25) is 0 Å². The van der Waals surface area contributed by atoms with Crippen molar-refractivity contribution in [3.8, 4) is 0 Å². The summed E-state index contributed by atoms with van der Waals surface area (Å²) in [6.07, 6.45) is -4.01. The van der Waals surface area contributed by atoms with Gasteiger partial charge >= 0.3 is 12.1 Å². The average Bonchev–Trinajstić information content (AvgIpc) is 2.46. The molecule has 1 aromatic rings. The molecule has 1 fully saturated rings. The van der Waals surface area contributed by atoms with E-state index < -0.39 is 18.1 Å². The fourth-order valence-electron chi connectivity index (χ4n) is 2.44. The van der Waals surface area contributed by atoms with E-state index in [2.05, 4.69) is 10.1 Å². The Labute approximate surface area is 115 Å². The Morgan fingerprint density at radius 2 is 1.95 bits per heavy atom. The van der Waals surface area contributed by atoms with E-state index in [0.29, 0.717) is 12.1 Å². The summed E-state index contributed by atoms with van der Waals surface area (Å²) in [5.74, 6) is -1.73. The van der Waals surface area contributed by atoms with Crippen LogP contribution in [-0.4, -0.2) is 25.8 Å². The second-order valence-electron chi connectivity index (χ2n) is 4.88. The first-order chi connectivity index (χ1) is 9.41. The number of piperidine rings is 1. The van der Waals surface area contributed by atoms with Crippen LogP contribution in [-0.2, 0) is 4.74 Å². The van der Waals surface area contributed by atoms with Gasteiger partial charge in [-0.25, -0.2) is 4.79 Å². The van der Waals surface area contributed by atoms with Crippen LogP contribution in [0.4, 0.5) is 13.2 Å². The van der Waals surface area contributed by atoms with Crippen LogP contribution in [0.1, 0.15) is 34.8 Å². The SMILES string of the molecule is COC(=O)c1ccc(C2CC(C(F)(F)F)CCN2)cc1. The highest BCUT2D eigenvalue weighted by atomic mass is 19.4. The van der Waals surface area contributed by atoms with Crippen LogP contribution in [0.25, 0.3) is 0 Å². The molecule has 1 saturated heterocycles. The number of nitrogens with one attached hydrogen (secondary N) is 1. The molecule has 0 spiro atoms. The van der Waals surface area contributed by atoms with Crippen molar-refractivity contribution in [2.24, 2.45) is 5.92 Å². The molecule has 0 saturated carbocycles. The van der Waals surface area contributed by atoms with E-state index in [4.69, 9.17) is 0 Å². The number of methoxy groups -OCH3 is 1. The molecule has 1 aromatic carbocycles. The summed E-state index contributed by atoms with van der Waals surface area (Å²) in [6.45, 7) is 0.341. The van der Waals surface area contributed by atoms with Crippen LogP contribution in [0.5, 0.6) is 0 Å². The van der Waals surface area contributed by atoms with E-state index in [9.17, 15) is 18.0 Å². The van der Waals surface area contributed by atoms with E-state index in [0.717, 1.165) is 5.56 Å². The van der Waals surface area contributed by atoms with Crippen molar-refractivity contribution in [2.45, 2.75) is 25.1 Å². The first-order valence-corrected chi connectivity index (χ1v) is 6.40. The van der Waals surface area contributed by atoms with Gasteiger partial charge in [0.25, 0.3) is 0 Å². The Morgan fingerprint density at radius 1 is 1.30 bits per heavy atom. The van der Waals surface area contributed by atoms with Crippen molar-refractivity contribution < 1.29 is 22.7 Å². The first kappa shape index (κ1) is 14.8.